The Morgan fingerprint density at radius 3 is 2.81 bits per heavy atom. The molecule has 2 aromatic rings. The Morgan fingerprint density at radius 1 is 1.32 bits per heavy atom. The molecule has 31 heavy (non-hydrogen) atoms. The van der Waals surface area contributed by atoms with Gasteiger partial charge in [0.15, 0.2) is 11.3 Å². The van der Waals surface area contributed by atoms with Crippen molar-refractivity contribution in [3.63, 3.8) is 0 Å². The van der Waals surface area contributed by atoms with Gasteiger partial charge in [0, 0.05) is 35.7 Å². The summed E-state index contributed by atoms with van der Waals surface area (Å²) in [5, 5.41) is 4.36. The van der Waals surface area contributed by atoms with Crippen molar-refractivity contribution in [2.45, 2.75) is 57.2 Å². The second-order valence-electron chi connectivity index (χ2n) is 8.37. The predicted molar refractivity (Wildman–Crippen MR) is 120 cm³/mol. The summed E-state index contributed by atoms with van der Waals surface area (Å²) in [4.78, 5) is 18.8. The van der Waals surface area contributed by atoms with Gasteiger partial charge in [-0.05, 0) is 58.2 Å². The fraction of sp³-hybridized carbons (Fsp3) is 0.565. The van der Waals surface area contributed by atoms with Crippen LogP contribution in [0.3, 0.4) is 0 Å². The van der Waals surface area contributed by atoms with E-state index in [9.17, 15) is 4.79 Å². The maximum absolute atomic E-state index is 11.8. The molecule has 0 bridgehead atoms. The number of carbonyl (C=O) groups is 1. The summed E-state index contributed by atoms with van der Waals surface area (Å²) in [5.41, 5.74) is 6.64. The number of carbonyl (C=O) groups excluding carboxylic acids is 1. The van der Waals surface area contributed by atoms with Gasteiger partial charge in [-0.2, -0.15) is 0 Å². The molecule has 1 saturated carbocycles. The molecular weight excluding hydrogens is 396 g/mol. The lowest BCUT2D eigenvalue weighted by Crippen LogP contribution is -2.44. The molecule has 2 aromatic heterocycles. The molecular formula is C23H32N4O4. The number of pyridine rings is 1. The Labute approximate surface area is 182 Å². The van der Waals surface area contributed by atoms with Gasteiger partial charge in [0.2, 0.25) is 0 Å². The number of hydrogen-bond acceptors (Lipinski definition) is 7. The largest absolute Gasteiger partial charge is 0.501 e. The SMILES string of the molecule is CCO/C=C/c1c(C(N)=O)oc2cnc(NC3CCC(N(C)C4CCOC4)CC3)cc12. The average Bonchev–Trinajstić information content (AvgIpc) is 3.43. The number of likely N-dealkylation sites (N-methyl/N-ethyl adjacent to an activating group) is 1. The third-order valence-corrected chi connectivity index (χ3v) is 6.44. The van der Waals surface area contributed by atoms with Gasteiger partial charge in [-0.25, -0.2) is 4.98 Å². The highest BCUT2D eigenvalue weighted by molar-refractivity contribution is 6.02. The zero-order valence-corrected chi connectivity index (χ0v) is 18.3. The van der Waals surface area contributed by atoms with Gasteiger partial charge in [-0.1, -0.05) is 0 Å². The molecule has 3 N–H and O–H groups in total. The van der Waals surface area contributed by atoms with Gasteiger partial charge >= 0.3 is 0 Å². The highest BCUT2D eigenvalue weighted by Gasteiger charge is 2.30. The van der Waals surface area contributed by atoms with E-state index < -0.39 is 5.91 Å². The summed E-state index contributed by atoms with van der Waals surface area (Å²) in [6.07, 6.45) is 10.6. The van der Waals surface area contributed by atoms with Gasteiger partial charge in [0.25, 0.3) is 5.91 Å². The molecule has 1 saturated heterocycles. The van der Waals surface area contributed by atoms with Crippen LogP contribution in [-0.4, -0.2) is 60.8 Å². The normalized spacial score (nSPS) is 24.3. The van der Waals surface area contributed by atoms with Crippen molar-refractivity contribution in [2.24, 2.45) is 5.73 Å². The molecule has 2 aliphatic rings. The van der Waals surface area contributed by atoms with Crippen LogP contribution < -0.4 is 11.1 Å². The maximum Gasteiger partial charge on any atom is 0.285 e. The predicted octanol–water partition coefficient (Wildman–Crippen LogP) is 3.38. The van der Waals surface area contributed by atoms with Gasteiger partial charge in [0.05, 0.1) is 25.7 Å². The van der Waals surface area contributed by atoms with E-state index in [1.807, 2.05) is 13.0 Å². The van der Waals surface area contributed by atoms with Crippen molar-refractivity contribution in [3.8, 4) is 0 Å². The Bertz CT molecular complexity index is 927. The highest BCUT2D eigenvalue weighted by Crippen LogP contribution is 2.31. The van der Waals surface area contributed by atoms with Crippen molar-refractivity contribution in [3.05, 3.63) is 29.8 Å². The highest BCUT2D eigenvalue weighted by atomic mass is 16.5. The number of hydrogen-bond donors (Lipinski definition) is 2. The minimum atomic E-state index is -0.614. The number of nitrogens with one attached hydrogen (secondary N) is 1. The van der Waals surface area contributed by atoms with E-state index in [0.717, 1.165) is 56.5 Å². The number of primary amides is 1. The monoisotopic (exact) mass is 428 g/mol. The van der Waals surface area contributed by atoms with Gasteiger partial charge in [-0.15, -0.1) is 0 Å². The maximum atomic E-state index is 11.8. The summed E-state index contributed by atoms with van der Waals surface area (Å²) in [6, 6.07) is 3.47. The first-order valence-corrected chi connectivity index (χ1v) is 11.1. The number of ether oxygens (including phenoxy) is 2. The third-order valence-electron chi connectivity index (χ3n) is 6.44. The number of fused-ring (bicyclic) bond motifs is 1. The molecule has 0 spiro atoms. The summed E-state index contributed by atoms with van der Waals surface area (Å²) < 4.78 is 16.5. The zero-order chi connectivity index (χ0) is 21.8. The van der Waals surface area contributed by atoms with Gasteiger partial charge < -0.3 is 24.9 Å². The Balaban J connectivity index is 1.44. The molecule has 8 nitrogen and oxygen atoms in total. The van der Waals surface area contributed by atoms with Crippen molar-refractivity contribution < 1.29 is 18.7 Å². The van der Waals surface area contributed by atoms with E-state index in [1.54, 1.807) is 18.5 Å². The molecule has 1 aliphatic heterocycles. The molecule has 0 aromatic carbocycles. The van der Waals surface area contributed by atoms with Gasteiger partial charge in [0.1, 0.15) is 5.82 Å². The van der Waals surface area contributed by atoms with Crippen LogP contribution in [0.15, 0.2) is 22.9 Å². The standard InChI is InChI=1S/C23H32N4O4/c1-3-29-11-9-18-19-12-21(25-13-20(19)31-22(18)23(24)28)26-15-4-6-16(7-5-15)27(2)17-8-10-30-14-17/h9,11-13,15-17H,3-8,10,14H2,1-2H3,(H2,24,28)(H,25,26)/b11-9+. The second kappa shape index (κ2) is 9.70. The third kappa shape index (κ3) is 4.85. The summed E-state index contributed by atoms with van der Waals surface area (Å²) >= 11 is 0. The lowest BCUT2D eigenvalue weighted by molar-refractivity contribution is 0.0975. The molecule has 3 heterocycles. The first-order chi connectivity index (χ1) is 15.1. The summed E-state index contributed by atoms with van der Waals surface area (Å²) in [6.45, 7) is 4.18. The van der Waals surface area contributed by atoms with E-state index in [2.05, 4.69) is 22.2 Å². The number of aromatic nitrogens is 1. The van der Waals surface area contributed by atoms with E-state index in [0.29, 0.717) is 35.9 Å². The van der Waals surface area contributed by atoms with E-state index >= 15 is 0 Å². The number of rotatable bonds is 8. The molecule has 8 heteroatoms. The fourth-order valence-electron chi connectivity index (χ4n) is 4.64. The van der Waals surface area contributed by atoms with Crippen molar-refractivity contribution in [2.75, 3.05) is 32.2 Å². The topological polar surface area (TPSA) is 103 Å². The number of anilines is 1. The lowest BCUT2D eigenvalue weighted by atomic mass is 9.89. The van der Waals surface area contributed by atoms with Crippen LogP contribution in [-0.2, 0) is 9.47 Å². The number of amides is 1. The second-order valence-corrected chi connectivity index (χ2v) is 8.37. The van der Waals surface area contributed by atoms with E-state index in [1.165, 1.54) is 0 Å². The van der Waals surface area contributed by atoms with E-state index in [-0.39, 0.29) is 5.76 Å². The molecule has 4 rings (SSSR count). The minimum absolute atomic E-state index is 0.115. The van der Waals surface area contributed by atoms with Crippen LogP contribution in [0.4, 0.5) is 5.82 Å². The van der Waals surface area contributed by atoms with Crippen LogP contribution in [0.5, 0.6) is 0 Å². The summed E-state index contributed by atoms with van der Waals surface area (Å²) in [5.74, 6) is 0.276. The molecule has 1 unspecified atom stereocenters. The van der Waals surface area contributed by atoms with Crippen molar-refractivity contribution in [1.29, 1.82) is 0 Å². The van der Waals surface area contributed by atoms with Crippen LogP contribution in [0.25, 0.3) is 17.0 Å². The van der Waals surface area contributed by atoms with Crippen LogP contribution in [0, 0.1) is 0 Å². The molecule has 1 amide bonds. The molecule has 0 radical (unpaired) electrons. The minimum Gasteiger partial charge on any atom is -0.501 e. The Hall–Kier alpha value is -2.58. The molecule has 168 valence electrons. The number of nitrogens with zero attached hydrogens (tertiary/aromatic N) is 2. The van der Waals surface area contributed by atoms with Crippen molar-refractivity contribution >= 4 is 28.8 Å². The first-order valence-electron chi connectivity index (χ1n) is 11.1. The molecule has 2 fully saturated rings. The zero-order valence-electron chi connectivity index (χ0n) is 18.3. The van der Waals surface area contributed by atoms with Crippen LogP contribution >= 0.6 is 0 Å². The van der Waals surface area contributed by atoms with Gasteiger partial charge in [-0.3, -0.25) is 9.69 Å². The molecule has 1 aliphatic carbocycles. The lowest BCUT2D eigenvalue weighted by Gasteiger charge is -2.37. The van der Waals surface area contributed by atoms with Crippen LogP contribution in [0.1, 0.15) is 55.1 Å². The average molecular weight is 429 g/mol. The van der Waals surface area contributed by atoms with Crippen molar-refractivity contribution in [1.82, 2.24) is 9.88 Å². The first kappa shape index (κ1) is 21.6. The fourth-order valence-corrected chi connectivity index (χ4v) is 4.64. The molecule has 1 atom stereocenters. The quantitative estimate of drug-likeness (QED) is 0.621. The Morgan fingerprint density at radius 2 is 2.13 bits per heavy atom. The van der Waals surface area contributed by atoms with Crippen LogP contribution in [0.2, 0.25) is 0 Å². The number of furan rings is 1. The summed E-state index contributed by atoms with van der Waals surface area (Å²) in [7, 11) is 2.24. The Kier molecular flexibility index (Phi) is 6.77. The van der Waals surface area contributed by atoms with E-state index in [4.69, 9.17) is 19.6 Å². The number of nitrogens with two attached hydrogens (primary N) is 1. The smallest absolute Gasteiger partial charge is 0.285 e.